The summed E-state index contributed by atoms with van der Waals surface area (Å²) in [5, 5.41) is 4.47. The van der Waals surface area contributed by atoms with Gasteiger partial charge in [-0.2, -0.15) is 0 Å². The zero-order valence-electron chi connectivity index (χ0n) is 10.1. The number of hydrogen-bond donors (Lipinski definition) is 1. The van der Waals surface area contributed by atoms with E-state index in [-0.39, 0.29) is 0 Å². The van der Waals surface area contributed by atoms with E-state index in [9.17, 15) is 0 Å². The topological polar surface area (TPSA) is 24.9 Å². The molecular weight excluding hydrogens is 260 g/mol. The number of aromatic nitrogens is 1. The second-order valence-corrected chi connectivity index (χ2v) is 7.87. The highest BCUT2D eigenvalue weighted by Gasteiger charge is 2.34. The van der Waals surface area contributed by atoms with Crippen molar-refractivity contribution in [3.05, 3.63) is 24.3 Å². The minimum Gasteiger partial charge on any atom is -0.311 e. The van der Waals surface area contributed by atoms with Crippen molar-refractivity contribution in [3.63, 3.8) is 0 Å². The normalized spacial score (nSPS) is 31.0. The van der Waals surface area contributed by atoms with E-state index >= 15 is 0 Å². The summed E-state index contributed by atoms with van der Waals surface area (Å²) in [6.07, 6.45) is 5.39. The molecule has 1 aromatic heterocycles. The Kier molecular flexibility index (Phi) is 2.82. The Labute approximate surface area is 115 Å². The molecule has 4 heteroatoms. The third-order valence-corrected chi connectivity index (χ3v) is 6.35. The standard InChI is InChI=1S/C14H16N2S2/c1-2-4-13-12(3-1)16-14(18-13)17-11-7-9-5-6-10(8-11)15-9/h1-4,9-11,15H,5-8H2/t9-,10+,11?. The van der Waals surface area contributed by atoms with E-state index in [1.165, 1.54) is 34.7 Å². The average molecular weight is 276 g/mol. The highest BCUT2D eigenvalue weighted by atomic mass is 32.2. The van der Waals surface area contributed by atoms with Gasteiger partial charge in [-0.25, -0.2) is 4.98 Å². The number of rotatable bonds is 2. The molecule has 1 N–H and O–H groups in total. The molecule has 3 atom stereocenters. The summed E-state index contributed by atoms with van der Waals surface area (Å²) in [5.41, 5.74) is 1.15. The van der Waals surface area contributed by atoms with Crippen LogP contribution in [0, 0.1) is 0 Å². The first-order valence-electron chi connectivity index (χ1n) is 6.65. The second kappa shape index (κ2) is 4.51. The van der Waals surface area contributed by atoms with Crippen LogP contribution >= 0.6 is 23.1 Å². The number of thiazole rings is 1. The van der Waals surface area contributed by atoms with Crippen molar-refractivity contribution in [1.82, 2.24) is 10.3 Å². The molecule has 2 nitrogen and oxygen atoms in total. The first kappa shape index (κ1) is 11.3. The molecule has 1 unspecified atom stereocenters. The van der Waals surface area contributed by atoms with E-state index in [2.05, 4.69) is 29.6 Å². The van der Waals surface area contributed by atoms with Crippen molar-refractivity contribution in [2.45, 2.75) is 47.4 Å². The molecule has 0 saturated carbocycles. The van der Waals surface area contributed by atoms with Crippen molar-refractivity contribution in [2.75, 3.05) is 0 Å². The fourth-order valence-electron chi connectivity index (χ4n) is 3.15. The minimum absolute atomic E-state index is 0.768. The van der Waals surface area contributed by atoms with Crippen LogP contribution in [0.4, 0.5) is 0 Å². The predicted molar refractivity (Wildman–Crippen MR) is 78.4 cm³/mol. The molecule has 0 aliphatic carbocycles. The molecule has 3 heterocycles. The Bertz CT molecular complexity index is 521. The van der Waals surface area contributed by atoms with Gasteiger partial charge in [0.2, 0.25) is 0 Å². The summed E-state index contributed by atoms with van der Waals surface area (Å²) < 4.78 is 2.57. The summed E-state index contributed by atoms with van der Waals surface area (Å²) in [5.74, 6) is 0. The van der Waals surface area contributed by atoms with Crippen LogP contribution < -0.4 is 5.32 Å². The van der Waals surface area contributed by atoms with Crippen LogP contribution in [0.25, 0.3) is 10.2 Å². The Hall–Kier alpha value is -0.580. The number of piperidine rings is 1. The largest absolute Gasteiger partial charge is 0.311 e. The summed E-state index contributed by atoms with van der Waals surface area (Å²) >= 11 is 3.85. The summed E-state index contributed by atoms with van der Waals surface area (Å²) in [4.78, 5) is 4.74. The second-order valence-electron chi connectivity index (χ2n) is 5.30. The van der Waals surface area contributed by atoms with Gasteiger partial charge >= 0.3 is 0 Å². The molecule has 2 aromatic rings. The summed E-state index contributed by atoms with van der Waals surface area (Å²) in [6.45, 7) is 0. The van der Waals surface area contributed by atoms with Crippen LogP contribution in [0.2, 0.25) is 0 Å². The molecule has 94 valence electrons. The summed E-state index contributed by atoms with van der Waals surface area (Å²) in [7, 11) is 0. The first-order chi connectivity index (χ1) is 8.87. The maximum Gasteiger partial charge on any atom is 0.151 e. The Morgan fingerprint density at radius 1 is 1.17 bits per heavy atom. The van der Waals surface area contributed by atoms with Gasteiger partial charge in [0.05, 0.1) is 10.2 Å². The minimum atomic E-state index is 0.768. The van der Waals surface area contributed by atoms with E-state index in [0.717, 1.165) is 22.9 Å². The van der Waals surface area contributed by atoms with Gasteiger partial charge in [0.15, 0.2) is 4.34 Å². The van der Waals surface area contributed by atoms with Crippen molar-refractivity contribution in [2.24, 2.45) is 0 Å². The maximum atomic E-state index is 4.74. The van der Waals surface area contributed by atoms with Gasteiger partial charge in [0.1, 0.15) is 0 Å². The predicted octanol–water partition coefficient (Wildman–Crippen LogP) is 3.67. The fourth-order valence-corrected chi connectivity index (χ4v) is 5.81. The molecule has 2 bridgehead atoms. The van der Waals surface area contributed by atoms with E-state index in [1.54, 1.807) is 0 Å². The van der Waals surface area contributed by atoms with Gasteiger partial charge < -0.3 is 5.32 Å². The van der Waals surface area contributed by atoms with Crippen LogP contribution in [0.3, 0.4) is 0 Å². The number of thioether (sulfide) groups is 1. The monoisotopic (exact) mass is 276 g/mol. The van der Waals surface area contributed by atoms with Crippen LogP contribution in [0.1, 0.15) is 25.7 Å². The SMILES string of the molecule is c1ccc2sc(SC3C[C@H]4CC[C@@H](C3)N4)nc2c1. The lowest BCUT2D eigenvalue weighted by atomic mass is 10.1. The van der Waals surface area contributed by atoms with Crippen LogP contribution in [-0.4, -0.2) is 22.3 Å². The molecule has 18 heavy (non-hydrogen) atoms. The number of benzene rings is 1. The van der Waals surface area contributed by atoms with Crippen LogP contribution in [0.15, 0.2) is 28.6 Å². The lowest BCUT2D eigenvalue weighted by Gasteiger charge is -2.27. The quantitative estimate of drug-likeness (QED) is 0.906. The Morgan fingerprint density at radius 3 is 2.72 bits per heavy atom. The van der Waals surface area contributed by atoms with Crippen molar-refractivity contribution >= 4 is 33.3 Å². The molecule has 0 radical (unpaired) electrons. The molecule has 2 fully saturated rings. The number of fused-ring (bicyclic) bond motifs is 3. The molecular formula is C14H16N2S2. The first-order valence-corrected chi connectivity index (χ1v) is 8.35. The molecule has 4 rings (SSSR count). The van der Waals surface area contributed by atoms with Gasteiger partial charge in [-0.15, -0.1) is 11.3 Å². The number of para-hydroxylation sites is 1. The molecule has 2 aliphatic rings. The third kappa shape index (κ3) is 2.06. The smallest absolute Gasteiger partial charge is 0.151 e. The van der Waals surface area contributed by atoms with E-state index in [0.29, 0.717) is 0 Å². The number of hydrogen-bond acceptors (Lipinski definition) is 4. The Morgan fingerprint density at radius 2 is 1.94 bits per heavy atom. The zero-order chi connectivity index (χ0) is 11.9. The molecule has 2 saturated heterocycles. The Balaban J connectivity index is 1.54. The van der Waals surface area contributed by atoms with Crippen molar-refractivity contribution in [3.8, 4) is 0 Å². The average Bonchev–Trinajstić information content (AvgIpc) is 2.92. The fraction of sp³-hybridized carbons (Fsp3) is 0.500. The van der Waals surface area contributed by atoms with Gasteiger partial charge in [0, 0.05) is 17.3 Å². The molecule has 0 amide bonds. The van der Waals surface area contributed by atoms with Crippen LogP contribution in [-0.2, 0) is 0 Å². The van der Waals surface area contributed by atoms with Gasteiger partial charge in [-0.3, -0.25) is 0 Å². The van der Waals surface area contributed by atoms with Crippen molar-refractivity contribution < 1.29 is 0 Å². The molecule has 0 spiro atoms. The van der Waals surface area contributed by atoms with Crippen molar-refractivity contribution in [1.29, 1.82) is 0 Å². The highest BCUT2D eigenvalue weighted by molar-refractivity contribution is 8.01. The van der Waals surface area contributed by atoms with E-state index < -0.39 is 0 Å². The lowest BCUT2D eigenvalue weighted by molar-refractivity contribution is 0.415. The number of nitrogens with zero attached hydrogens (tertiary/aromatic N) is 1. The van der Waals surface area contributed by atoms with Gasteiger partial charge in [-0.1, -0.05) is 23.9 Å². The summed E-state index contributed by atoms with van der Waals surface area (Å²) in [6, 6.07) is 10.00. The van der Waals surface area contributed by atoms with E-state index in [1.807, 2.05) is 23.1 Å². The maximum absolute atomic E-state index is 4.74. The van der Waals surface area contributed by atoms with Crippen LogP contribution in [0.5, 0.6) is 0 Å². The lowest BCUT2D eigenvalue weighted by Crippen LogP contribution is -2.39. The van der Waals surface area contributed by atoms with Gasteiger partial charge in [0.25, 0.3) is 0 Å². The van der Waals surface area contributed by atoms with Gasteiger partial charge in [-0.05, 0) is 37.8 Å². The zero-order valence-corrected chi connectivity index (χ0v) is 11.8. The van der Waals surface area contributed by atoms with E-state index in [4.69, 9.17) is 4.98 Å². The number of nitrogens with one attached hydrogen (secondary N) is 1. The molecule has 1 aromatic carbocycles. The highest BCUT2D eigenvalue weighted by Crippen LogP contribution is 2.39. The molecule has 2 aliphatic heterocycles. The third-order valence-electron chi connectivity index (χ3n) is 3.97.